The molecular weight excluding hydrogens is 531 g/mol. The number of ether oxygens (including phenoxy) is 1. The van der Waals surface area contributed by atoms with Gasteiger partial charge >= 0.3 is 0 Å². The number of aromatic nitrogens is 1. The fourth-order valence-electron chi connectivity index (χ4n) is 4.27. The van der Waals surface area contributed by atoms with Crippen LogP contribution in [0.25, 0.3) is 11.3 Å². The quantitative estimate of drug-likeness (QED) is 0.256. The van der Waals surface area contributed by atoms with Crippen LogP contribution in [0.2, 0.25) is 10.0 Å². The first-order valence-corrected chi connectivity index (χ1v) is 12.6. The molecule has 1 aliphatic heterocycles. The molecule has 0 spiro atoms. The number of nitrogens with zero attached hydrogens (tertiary/aromatic N) is 2. The molecule has 0 aliphatic carbocycles. The second kappa shape index (κ2) is 10.9. The second-order valence-electron chi connectivity index (χ2n) is 8.36. The zero-order valence-corrected chi connectivity index (χ0v) is 22.0. The maximum Gasteiger partial charge on any atom is 0.250 e. The van der Waals surface area contributed by atoms with E-state index in [0.717, 1.165) is 16.9 Å². The molecule has 10 heteroatoms. The van der Waals surface area contributed by atoms with Crippen LogP contribution in [0.15, 0.2) is 83.4 Å². The van der Waals surface area contributed by atoms with Crippen LogP contribution in [-0.2, 0) is 9.53 Å². The maximum absolute atomic E-state index is 11.9. The van der Waals surface area contributed by atoms with Crippen LogP contribution in [0.4, 0.5) is 11.4 Å². The number of thiocarbonyl (C=S) groups is 1. The van der Waals surface area contributed by atoms with Gasteiger partial charge in [-0.1, -0.05) is 29.3 Å². The Kier molecular flexibility index (Phi) is 7.43. The summed E-state index contributed by atoms with van der Waals surface area (Å²) in [4.78, 5) is 18.4. The summed E-state index contributed by atoms with van der Waals surface area (Å²) >= 11 is 18.1. The number of amides is 1. The third-order valence-electron chi connectivity index (χ3n) is 5.93. The van der Waals surface area contributed by atoms with Gasteiger partial charge in [-0.25, -0.2) is 0 Å². The molecule has 0 unspecified atom stereocenters. The number of hydrogen-bond donors (Lipinski definition) is 2. The van der Waals surface area contributed by atoms with Gasteiger partial charge in [0.25, 0.3) is 0 Å². The number of carbonyl (C=O) groups excluding carboxylic acids is 1. The van der Waals surface area contributed by atoms with Crippen LogP contribution in [0.3, 0.4) is 0 Å². The molecule has 1 amide bonds. The molecule has 188 valence electrons. The first kappa shape index (κ1) is 25.2. The Hall–Kier alpha value is -3.43. The summed E-state index contributed by atoms with van der Waals surface area (Å²) in [7, 11) is 1.48. The molecule has 4 aromatic rings. The van der Waals surface area contributed by atoms with Gasteiger partial charge in [-0.2, -0.15) is 0 Å². The Bertz CT molecular complexity index is 1430. The van der Waals surface area contributed by atoms with Crippen LogP contribution in [0.1, 0.15) is 23.5 Å². The Morgan fingerprint density at radius 1 is 1.11 bits per heavy atom. The van der Waals surface area contributed by atoms with Crippen molar-refractivity contribution in [2.75, 3.05) is 23.9 Å². The molecule has 2 aromatic carbocycles. The van der Waals surface area contributed by atoms with E-state index in [0.29, 0.717) is 32.4 Å². The molecule has 0 radical (unpaired) electrons. The molecule has 1 fully saturated rings. The normalized spacial score (nSPS) is 17.1. The molecule has 0 bridgehead atoms. The highest BCUT2D eigenvalue weighted by atomic mass is 35.5. The average Bonchev–Trinajstić information content (AvgIpc) is 3.51. The van der Waals surface area contributed by atoms with Crippen molar-refractivity contribution >= 4 is 57.8 Å². The second-order valence-corrected chi connectivity index (χ2v) is 9.56. The summed E-state index contributed by atoms with van der Waals surface area (Å²) in [5, 5.41) is 7.67. The van der Waals surface area contributed by atoms with Gasteiger partial charge in [0.2, 0.25) is 5.91 Å². The summed E-state index contributed by atoms with van der Waals surface area (Å²) in [6, 6.07) is 21.8. The van der Waals surface area contributed by atoms with Gasteiger partial charge in [0.1, 0.15) is 24.2 Å². The third-order valence-corrected chi connectivity index (χ3v) is 6.98. The number of furan rings is 1. The standard InChI is InChI=1S/C27H22Cl2N4O3S/c1-35-15-24(34)31-17-6-8-18(9-7-17)33-26(25(32-27(33)37)21-4-2-3-13-30-21)23-12-11-22(36-23)16-5-10-19(28)20(29)14-16/h2-14,25-26H,15H2,1H3,(H,31,34)(H,32,37)/t25-,26-/m1/s1. The van der Waals surface area contributed by atoms with Crippen molar-refractivity contribution in [3.05, 3.63) is 100 Å². The van der Waals surface area contributed by atoms with Crippen LogP contribution in [-0.4, -0.2) is 29.7 Å². The first-order chi connectivity index (χ1) is 17.9. The van der Waals surface area contributed by atoms with Crippen molar-refractivity contribution in [1.29, 1.82) is 0 Å². The Balaban J connectivity index is 1.51. The zero-order chi connectivity index (χ0) is 25.9. The largest absolute Gasteiger partial charge is 0.459 e. The molecular formula is C27H22Cl2N4O3S. The van der Waals surface area contributed by atoms with Crippen molar-refractivity contribution in [2.24, 2.45) is 0 Å². The van der Waals surface area contributed by atoms with Crippen molar-refractivity contribution in [2.45, 2.75) is 12.1 Å². The number of anilines is 2. The van der Waals surface area contributed by atoms with Gasteiger partial charge < -0.3 is 24.7 Å². The predicted molar refractivity (Wildman–Crippen MR) is 149 cm³/mol. The lowest BCUT2D eigenvalue weighted by Crippen LogP contribution is -2.29. The number of hydrogen-bond acceptors (Lipinski definition) is 5. The SMILES string of the molecule is COCC(=O)Nc1ccc(N2C(=S)N[C@H](c3ccccn3)[C@H]2c2ccc(-c3ccc(Cl)c(Cl)c3)o2)cc1. The molecule has 5 rings (SSSR count). The molecule has 1 saturated heterocycles. The van der Waals surface area contributed by atoms with Crippen LogP contribution >= 0.6 is 35.4 Å². The highest BCUT2D eigenvalue weighted by Crippen LogP contribution is 2.43. The fraction of sp³-hybridized carbons (Fsp3) is 0.148. The topological polar surface area (TPSA) is 79.6 Å². The Labute approximate surface area is 229 Å². The van der Waals surface area contributed by atoms with E-state index < -0.39 is 0 Å². The molecule has 0 saturated carbocycles. The number of carbonyl (C=O) groups is 1. The fourth-order valence-corrected chi connectivity index (χ4v) is 4.92. The molecule has 2 N–H and O–H groups in total. The van der Waals surface area contributed by atoms with E-state index in [1.165, 1.54) is 7.11 Å². The van der Waals surface area contributed by atoms with E-state index >= 15 is 0 Å². The molecule has 3 heterocycles. The van der Waals surface area contributed by atoms with Crippen molar-refractivity contribution in [3.8, 4) is 11.3 Å². The lowest BCUT2D eigenvalue weighted by molar-refractivity contribution is -0.119. The van der Waals surface area contributed by atoms with Crippen LogP contribution in [0, 0.1) is 0 Å². The van der Waals surface area contributed by atoms with E-state index in [9.17, 15) is 4.79 Å². The number of halogens is 2. The lowest BCUT2D eigenvalue weighted by Gasteiger charge is -2.26. The minimum absolute atomic E-state index is 0.0185. The molecule has 2 atom stereocenters. The predicted octanol–water partition coefficient (Wildman–Crippen LogP) is 6.41. The van der Waals surface area contributed by atoms with Crippen LogP contribution < -0.4 is 15.5 Å². The van der Waals surface area contributed by atoms with E-state index in [1.807, 2.05) is 65.6 Å². The monoisotopic (exact) mass is 552 g/mol. The lowest BCUT2D eigenvalue weighted by atomic mass is 10.0. The van der Waals surface area contributed by atoms with Crippen LogP contribution in [0.5, 0.6) is 0 Å². The van der Waals surface area contributed by atoms with Gasteiger partial charge in [-0.05, 0) is 78.9 Å². The van der Waals surface area contributed by atoms with Gasteiger partial charge in [0.15, 0.2) is 5.11 Å². The average molecular weight is 553 g/mol. The summed E-state index contributed by atoms with van der Waals surface area (Å²) in [5.41, 5.74) is 3.12. The smallest absolute Gasteiger partial charge is 0.250 e. The number of rotatable bonds is 7. The highest BCUT2D eigenvalue weighted by Gasteiger charge is 2.42. The van der Waals surface area contributed by atoms with E-state index in [1.54, 1.807) is 18.3 Å². The molecule has 37 heavy (non-hydrogen) atoms. The maximum atomic E-state index is 11.9. The van der Waals surface area contributed by atoms with E-state index in [4.69, 9.17) is 44.6 Å². The van der Waals surface area contributed by atoms with E-state index in [2.05, 4.69) is 15.6 Å². The summed E-state index contributed by atoms with van der Waals surface area (Å²) in [6.07, 6.45) is 1.75. The summed E-state index contributed by atoms with van der Waals surface area (Å²) in [6.45, 7) is -0.0185. The Morgan fingerprint density at radius 2 is 1.92 bits per heavy atom. The highest BCUT2D eigenvalue weighted by molar-refractivity contribution is 7.80. The zero-order valence-electron chi connectivity index (χ0n) is 19.7. The van der Waals surface area contributed by atoms with Gasteiger partial charge in [0, 0.05) is 30.2 Å². The van der Waals surface area contributed by atoms with Gasteiger partial charge in [-0.3, -0.25) is 9.78 Å². The van der Waals surface area contributed by atoms with Crippen molar-refractivity contribution in [3.63, 3.8) is 0 Å². The molecule has 1 aliphatic rings. The van der Waals surface area contributed by atoms with E-state index in [-0.39, 0.29) is 24.6 Å². The minimum atomic E-state index is -0.326. The number of methoxy groups -OCH3 is 1. The van der Waals surface area contributed by atoms with Gasteiger partial charge in [0.05, 0.1) is 21.8 Å². The number of nitrogens with one attached hydrogen (secondary N) is 2. The first-order valence-electron chi connectivity index (χ1n) is 11.4. The van der Waals surface area contributed by atoms with Gasteiger partial charge in [-0.15, -0.1) is 0 Å². The summed E-state index contributed by atoms with van der Waals surface area (Å²) < 4.78 is 11.2. The number of benzene rings is 2. The third kappa shape index (κ3) is 5.33. The number of pyridine rings is 1. The molecule has 2 aromatic heterocycles. The summed E-state index contributed by atoms with van der Waals surface area (Å²) in [5.74, 6) is 1.12. The minimum Gasteiger partial charge on any atom is -0.459 e. The Morgan fingerprint density at radius 3 is 2.62 bits per heavy atom. The van der Waals surface area contributed by atoms with Crippen molar-refractivity contribution in [1.82, 2.24) is 10.3 Å². The molecule has 7 nitrogen and oxygen atoms in total. The van der Waals surface area contributed by atoms with Crippen molar-refractivity contribution < 1.29 is 13.9 Å².